The van der Waals surface area contributed by atoms with Crippen molar-refractivity contribution >= 4 is 29.1 Å². The number of fused-ring (bicyclic) bond motifs is 1. The van der Waals surface area contributed by atoms with E-state index in [0.717, 1.165) is 34.7 Å². The van der Waals surface area contributed by atoms with E-state index in [1.807, 2.05) is 30.3 Å². The molecule has 0 spiro atoms. The van der Waals surface area contributed by atoms with Gasteiger partial charge in [-0.1, -0.05) is 29.8 Å². The molecule has 4 rings (SSSR count). The first-order valence-corrected chi connectivity index (χ1v) is 9.99. The first-order valence-electron chi connectivity index (χ1n) is 9.61. The zero-order chi connectivity index (χ0) is 19.6. The third kappa shape index (κ3) is 3.77. The van der Waals surface area contributed by atoms with Crippen molar-refractivity contribution in [2.75, 3.05) is 25.1 Å². The lowest BCUT2D eigenvalue weighted by Gasteiger charge is -2.38. The van der Waals surface area contributed by atoms with Crippen molar-refractivity contribution < 1.29 is 14.3 Å². The highest BCUT2D eigenvalue weighted by Crippen LogP contribution is 2.38. The van der Waals surface area contributed by atoms with Gasteiger partial charge in [-0.25, -0.2) is 0 Å². The molecule has 0 unspecified atom stereocenters. The zero-order valence-electron chi connectivity index (χ0n) is 15.6. The first-order chi connectivity index (χ1) is 13.6. The molecule has 2 aliphatic rings. The molecule has 0 atom stereocenters. The van der Waals surface area contributed by atoms with Crippen molar-refractivity contribution in [1.82, 2.24) is 5.32 Å². The Hall–Kier alpha value is -2.37. The summed E-state index contributed by atoms with van der Waals surface area (Å²) in [5, 5.41) is 6.68. The van der Waals surface area contributed by atoms with Gasteiger partial charge in [0.25, 0.3) is 5.91 Å². The fourth-order valence-corrected chi connectivity index (χ4v) is 4.41. The summed E-state index contributed by atoms with van der Waals surface area (Å²) in [7, 11) is 0. The van der Waals surface area contributed by atoms with Crippen LogP contribution in [0.4, 0.5) is 5.69 Å². The van der Waals surface area contributed by atoms with Crippen LogP contribution in [0.2, 0.25) is 5.02 Å². The number of rotatable bonds is 4. The smallest absolute Gasteiger partial charge is 0.251 e. The minimum atomic E-state index is -0.228. The van der Waals surface area contributed by atoms with Crippen molar-refractivity contribution in [2.24, 2.45) is 0 Å². The Balaban J connectivity index is 1.52. The number of carbonyl (C=O) groups is 2. The average molecular weight is 399 g/mol. The number of hydrogen-bond acceptors (Lipinski definition) is 3. The monoisotopic (exact) mass is 398 g/mol. The standard InChI is InChI=1S/C22H23ClN2O3/c23-18-4-2-1-3-17(18)22(9-11-28-12-10-22)14-24-21(27)16-5-7-19-15(13-16)6-8-20(26)25-19/h1-5,7,13H,6,8-12,14H2,(H,24,27)(H,25,26). The molecule has 5 nitrogen and oxygen atoms in total. The Labute approximate surface area is 169 Å². The van der Waals surface area contributed by atoms with Crippen LogP contribution < -0.4 is 10.6 Å². The maximum atomic E-state index is 12.8. The van der Waals surface area contributed by atoms with E-state index in [-0.39, 0.29) is 17.2 Å². The van der Waals surface area contributed by atoms with E-state index in [9.17, 15) is 9.59 Å². The fraction of sp³-hybridized carbons (Fsp3) is 0.364. The van der Waals surface area contributed by atoms with Crippen LogP contribution in [0.15, 0.2) is 42.5 Å². The summed E-state index contributed by atoms with van der Waals surface area (Å²) in [5.74, 6) is -0.0940. The SMILES string of the molecule is O=C1CCc2cc(C(=O)NCC3(c4ccccc4Cl)CCOCC3)ccc2N1. The van der Waals surface area contributed by atoms with Crippen molar-refractivity contribution in [1.29, 1.82) is 0 Å². The van der Waals surface area contributed by atoms with Crippen LogP contribution in [0.3, 0.4) is 0 Å². The van der Waals surface area contributed by atoms with E-state index in [0.29, 0.717) is 38.2 Å². The van der Waals surface area contributed by atoms with Crippen LogP contribution in [0.1, 0.15) is 40.7 Å². The molecule has 2 aromatic carbocycles. The Kier molecular flexibility index (Phi) is 5.38. The number of anilines is 1. The van der Waals surface area contributed by atoms with Crippen molar-refractivity contribution in [3.8, 4) is 0 Å². The van der Waals surface area contributed by atoms with E-state index < -0.39 is 0 Å². The van der Waals surface area contributed by atoms with Gasteiger partial charge < -0.3 is 15.4 Å². The molecular weight excluding hydrogens is 376 g/mol. The van der Waals surface area contributed by atoms with Crippen molar-refractivity contribution in [2.45, 2.75) is 31.1 Å². The van der Waals surface area contributed by atoms with E-state index in [1.165, 1.54) is 0 Å². The number of aryl methyl sites for hydroxylation is 1. The first kappa shape index (κ1) is 19.0. The predicted octanol–water partition coefficient (Wildman–Crippen LogP) is 3.70. The highest BCUT2D eigenvalue weighted by atomic mass is 35.5. The second-order valence-corrected chi connectivity index (χ2v) is 7.88. The van der Waals surface area contributed by atoms with Crippen LogP contribution in [-0.2, 0) is 21.4 Å². The molecule has 2 heterocycles. The summed E-state index contributed by atoms with van der Waals surface area (Å²) in [6.07, 6.45) is 2.73. The van der Waals surface area contributed by atoms with E-state index >= 15 is 0 Å². The third-order valence-corrected chi connectivity index (χ3v) is 6.07. The van der Waals surface area contributed by atoms with Gasteiger partial charge in [-0.2, -0.15) is 0 Å². The van der Waals surface area contributed by atoms with Gasteiger partial charge in [0, 0.05) is 47.9 Å². The Morgan fingerprint density at radius 1 is 1.14 bits per heavy atom. The van der Waals surface area contributed by atoms with E-state index in [4.69, 9.17) is 16.3 Å². The average Bonchev–Trinajstić information content (AvgIpc) is 2.72. The minimum Gasteiger partial charge on any atom is -0.381 e. The lowest BCUT2D eigenvalue weighted by molar-refractivity contribution is -0.116. The van der Waals surface area contributed by atoms with Gasteiger partial charge in [0.05, 0.1) is 0 Å². The van der Waals surface area contributed by atoms with Crippen LogP contribution in [0.25, 0.3) is 0 Å². The summed E-state index contributed by atoms with van der Waals surface area (Å²) in [5.41, 5.74) is 3.24. The number of carbonyl (C=O) groups excluding carboxylic acids is 2. The summed E-state index contributed by atoms with van der Waals surface area (Å²) in [4.78, 5) is 24.3. The Morgan fingerprint density at radius 2 is 1.93 bits per heavy atom. The molecule has 0 aromatic heterocycles. The molecule has 0 saturated carbocycles. The molecule has 1 fully saturated rings. The number of ether oxygens (including phenoxy) is 1. The highest BCUT2D eigenvalue weighted by Gasteiger charge is 2.36. The molecule has 28 heavy (non-hydrogen) atoms. The van der Waals surface area contributed by atoms with Gasteiger partial charge in [0.2, 0.25) is 5.91 Å². The van der Waals surface area contributed by atoms with Crippen LogP contribution >= 0.6 is 11.6 Å². The minimum absolute atomic E-state index is 0.0194. The molecule has 6 heteroatoms. The molecule has 2 aromatic rings. The number of benzene rings is 2. The number of nitrogens with one attached hydrogen (secondary N) is 2. The fourth-order valence-electron chi connectivity index (χ4n) is 4.07. The molecular formula is C22H23ClN2O3. The Morgan fingerprint density at radius 3 is 2.71 bits per heavy atom. The van der Waals surface area contributed by atoms with E-state index in [2.05, 4.69) is 10.6 Å². The summed E-state index contributed by atoms with van der Waals surface area (Å²) < 4.78 is 5.56. The molecule has 2 N–H and O–H groups in total. The van der Waals surface area contributed by atoms with Gasteiger partial charge in [0.15, 0.2) is 0 Å². The largest absolute Gasteiger partial charge is 0.381 e. The van der Waals surface area contributed by atoms with Crippen molar-refractivity contribution in [3.63, 3.8) is 0 Å². The Bertz CT molecular complexity index is 906. The van der Waals surface area contributed by atoms with Gasteiger partial charge >= 0.3 is 0 Å². The number of halogens is 1. The summed E-state index contributed by atoms with van der Waals surface area (Å²) >= 11 is 6.48. The van der Waals surface area contributed by atoms with E-state index in [1.54, 1.807) is 12.1 Å². The second kappa shape index (κ2) is 7.94. The molecule has 2 aliphatic heterocycles. The van der Waals surface area contributed by atoms with Gasteiger partial charge in [-0.3, -0.25) is 9.59 Å². The zero-order valence-corrected chi connectivity index (χ0v) is 16.3. The normalized spacial score (nSPS) is 18.1. The van der Waals surface area contributed by atoms with Crippen LogP contribution in [0.5, 0.6) is 0 Å². The van der Waals surface area contributed by atoms with Gasteiger partial charge in [-0.05, 0) is 54.7 Å². The summed E-state index contributed by atoms with van der Waals surface area (Å²) in [6.45, 7) is 1.81. The number of hydrogen-bond donors (Lipinski definition) is 2. The second-order valence-electron chi connectivity index (χ2n) is 7.48. The molecule has 0 radical (unpaired) electrons. The van der Waals surface area contributed by atoms with Gasteiger partial charge in [-0.15, -0.1) is 0 Å². The van der Waals surface area contributed by atoms with Crippen LogP contribution in [-0.4, -0.2) is 31.6 Å². The molecule has 146 valence electrons. The third-order valence-electron chi connectivity index (χ3n) is 5.75. The molecule has 2 amide bonds. The quantitative estimate of drug-likeness (QED) is 0.825. The maximum Gasteiger partial charge on any atom is 0.251 e. The van der Waals surface area contributed by atoms with Gasteiger partial charge in [0.1, 0.15) is 0 Å². The van der Waals surface area contributed by atoms with Crippen LogP contribution in [0, 0.1) is 0 Å². The van der Waals surface area contributed by atoms with Crippen molar-refractivity contribution in [3.05, 3.63) is 64.2 Å². The lowest BCUT2D eigenvalue weighted by atomic mass is 9.74. The topological polar surface area (TPSA) is 67.4 Å². The predicted molar refractivity (Wildman–Crippen MR) is 109 cm³/mol. The lowest BCUT2D eigenvalue weighted by Crippen LogP contribution is -2.44. The molecule has 0 aliphatic carbocycles. The highest BCUT2D eigenvalue weighted by molar-refractivity contribution is 6.31. The summed E-state index contributed by atoms with van der Waals surface area (Å²) in [6, 6.07) is 13.3. The molecule has 0 bridgehead atoms. The number of amides is 2. The maximum absolute atomic E-state index is 12.8. The molecule has 1 saturated heterocycles.